The van der Waals surface area contributed by atoms with E-state index in [9.17, 15) is 0 Å². The molecule has 6 nitrogen and oxygen atoms in total. The number of allylic oxidation sites excluding steroid dienone is 1. The summed E-state index contributed by atoms with van der Waals surface area (Å²) in [5, 5.41) is 3.40. The standard InChI is InChI=1S/C20H18IN6/c1-13-3-6-16(22-10-13)17-7-8-18-19(26-17)20(25-12-24-18)23-11-15-5-4-14(2)27-21-9-15/h3-10,12H,11H2,1-2H3,(H,23,24,25)/q-1. The number of halogens is 1. The molecule has 0 fully saturated rings. The summed E-state index contributed by atoms with van der Waals surface area (Å²) in [5.41, 5.74) is 6.62. The molecule has 0 bridgehead atoms. The Balaban J connectivity index is 1.62. The molecule has 0 aromatic carbocycles. The van der Waals surface area contributed by atoms with E-state index in [4.69, 9.17) is 4.98 Å². The molecule has 1 N–H and O–H groups in total. The van der Waals surface area contributed by atoms with Gasteiger partial charge in [0.05, 0.1) is 0 Å². The van der Waals surface area contributed by atoms with E-state index in [1.807, 2.05) is 44.3 Å². The van der Waals surface area contributed by atoms with E-state index >= 15 is 0 Å². The van der Waals surface area contributed by atoms with Crippen molar-refractivity contribution in [3.63, 3.8) is 0 Å². The normalized spacial score (nSPS) is 14.1. The minimum absolute atomic E-state index is 0.283. The number of nitrogens with zero attached hydrogens (tertiary/aromatic N) is 5. The summed E-state index contributed by atoms with van der Waals surface area (Å²) in [6.45, 7) is 4.73. The molecular weight excluding hydrogens is 451 g/mol. The van der Waals surface area contributed by atoms with Gasteiger partial charge in [0, 0.05) is 0 Å². The number of hydrogen-bond donors (Lipinski definition) is 1. The van der Waals surface area contributed by atoms with Gasteiger partial charge in [-0.3, -0.25) is 0 Å². The van der Waals surface area contributed by atoms with Crippen molar-refractivity contribution in [3.8, 4) is 11.4 Å². The predicted octanol–water partition coefficient (Wildman–Crippen LogP) is 0.726. The Bertz CT molecular complexity index is 1070. The fraction of sp³-hybridized carbons (Fsp3) is 0.150. The second kappa shape index (κ2) is 7.91. The van der Waals surface area contributed by atoms with E-state index in [0.717, 1.165) is 39.5 Å². The zero-order chi connectivity index (χ0) is 18.6. The van der Waals surface area contributed by atoms with Crippen LogP contribution in [-0.2, 0) is 0 Å². The van der Waals surface area contributed by atoms with Gasteiger partial charge in [-0.15, -0.1) is 0 Å². The summed E-state index contributed by atoms with van der Waals surface area (Å²) in [6, 6.07) is 7.91. The van der Waals surface area contributed by atoms with Gasteiger partial charge in [-0.2, -0.15) is 0 Å². The molecule has 0 amide bonds. The predicted molar refractivity (Wildman–Crippen MR) is 104 cm³/mol. The Morgan fingerprint density at radius 1 is 0.963 bits per heavy atom. The second-order valence-electron chi connectivity index (χ2n) is 6.20. The summed E-state index contributed by atoms with van der Waals surface area (Å²) in [7, 11) is 0. The van der Waals surface area contributed by atoms with Crippen LogP contribution in [0.25, 0.3) is 22.4 Å². The summed E-state index contributed by atoms with van der Waals surface area (Å²) in [5.74, 6) is 0.725. The van der Waals surface area contributed by atoms with Gasteiger partial charge in [0.15, 0.2) is 0 Å². The van der Waals surface area contributed by atoms with Crippen molar-refractivity contribution in [2.75, 3.05) is 11.9 Å². The molecule has 0 spiro atoms. The molecule has 0 radical (unpaired) electrons. The van der Waals surface area contributed by atoms with Crippen molar-refractivity contribution in [2.24, 2.45) is 3.21 Å². The van der Waals surface area contributed by atoms with Gasteiger partial charge < -0.3 is 0 Å². The second-order valence-corrected chi connectivity index (χ2v) is 7.86. The fourth-order valence-electron chi connectivity index (χ4n) is 2.57. The number of hydrogen-bond acceptors (Lipinski definition) is 6. The summed E-state index contributed by atoms with van der Waals surface area (Å²) in [4.78, 5) is 18.0. The van der Waals surface area contributed by atoms with Gasteiger partial charge in [0.1, 0.15) is 0 Å². The topological polar surface area (TPSA) is 76.0 Å². The Hall–Kier alpha value is -2.68. The van der Waals surface area contributed by atoms with Crippen molar-refractivity contribution in [3.05, 3.63) is 64.2 Å². The third-order valence-corrected chi connectivity index (χ3v) is 6.14. The van der Waals surface area contributed by atoms with Crippen LogP contribution in [0.15, 0.2) is 61.8 Å². The monoisotopic (exact) mass is 469 g/mol. The Morgan fingerprint density at radius 3 is 2.70 bits per heavy atom. The van der Waals surface area contributed by atoms with Crippen LogP contribution < -0.4 is 26.8 Å². The molecule has 1 aliphatic heterocycles. The van der Waals surface area contributed by atoms with Crippen molar-refractivity contribution in [1.29, 1.82) is 0 Å². The van der Waals surface area contributed by atoms with Crippen LogP contribution in [0.1, 0.15) is 12.5 Å². The van der Waals surface area contributed by atoms with Crippen LogP contribution in [-0.4, -0.2) is 32.2 Å². The third-order valence-electron chi connectivity index (χ3n) is 4.03. The van der Waals surface area contributed by atoms with Crippen molar-refractivity contribution >= 4 is 22.6 Å². The quantitative estimate of drug-likeness (QED) is 0.571. The third kappa shape index (κ3) is 4.19. The van der Waals surface area contributed by atoms with Crippen LogP contribution in [0.4, 0.5) is 5.82 Å². The number of fused-ring (bicyclic) bond motifs is 1. The molecule has 7 heteroatoms. The number of aryl methyl sites for hydroxylation is 1. The van der Waals surface area contributed by atoms with Crippen LogP contribution in [0.2, 0.25) is 0 Å². The summed E-state index contributed by atoms with van der Waals surface area (Å²) in [6.07, 6.45) is 7.57. The molecule has 1 aliphatic rings. The maximum absolute atomic E-state index is 4.77. The van der Waals surface area contributed by atoms with Crippen molar-refractivity contribution < 1.29 is 21.5 Å². The van der Waals surface area contributed by atoms with Crippen LogP contribution >= 0.6 is 0 Å². The van der Waals surface area contributed by atoms with Gasteiger partial charge in [0.2, 0.25) is 0 Å². The van der Waals surface area contributed by atoms with E-state index in [-0.39, 0.29) is 21.5 Å². The average Bonchev–Trinajstić information content (AvgIpc) is 2.90. The van der Waals surface area contributed by atoms with Gasteiger partial charge >= 0.3 is 162 Å². The Kier molecular flexibility index (Phi) is 5.19. The molecule has 0 saturated heterocycles. The zero-order valence-electron chi connectivity index (χ0n) is 15.0. The molecule has 0 unspecified atom stereocenters. The maximum atomic E-state index is 4.77. The molecule has 136 valence electrons. The molecule has 3 aromatic heterocycles. The van der Waals surface area contributed by atoms with Gasteiger partial charge in [0.25, 0.3) is 0 Å². The minimum atomic E-state index is -0.283. The fourth-order valence-corrected chi connectivity index (χ4v) is 4.10. The van der Waals surface area contributed by atoms with E-state index in [1.54, 1.807) is 6.33 Å². The van der Waals surface area contributed by atoms with E-state index in [1.165, 1.54) is 5.57 Å². The first-order valence-electron chi connectivity index (χ1n) is 8.52. The molecule has 3 aromatic rings. The molecule has 27 heavy (non-hydrogen) atoms. The summed E-state index contributed by atoms with van der Waals surface area (Å²) < 4.78 is 6.74. The SMILES string of the molecule is CC1=N[I-]C=C(CNc2ncnc3ccc(-c4ccc(C)cn4)nc23)C=C1. The van der Waals surface area contributed by atoms with Gasteiger partial charge in [-0.25, -0.2) is 0 Å². The molecular formula is C20H18IN6-. The van der Waals surface area contributed by atoms with Crippen molar-refractivity contribution in [2.45, 2.75) is 13.8 Å². The van der Waals surface area contributed by atoms with Crippen LogP contribution in [0.3, 0.4) is 0 Å². The molecule has 0 saturated carbocycles. The van der Waals surface area contributed by atoms with E-state index in [0.29, 0.717) is 6.54 Å². The first-order valence-corrected chi connectivity index (χ1v) is 10.7. The number of rotatable bonds is 4. The summed E-state index contributed by atoms with van der Waals surface area (Å²) >= 11 is -0.283. The zero-order valence-corrected chi connectivity index (χ0v) is 17.2. The molecule has 4 heterocycles. The first kappa shape index (κ1) is 17.7. The van der Waals surface area contributed by atoms with Crippen LogP contribution in [0.5, 0.6) is 0 Å². The van der Waals surface area contributed by atoms with Crippen LogP contribution in [0, 0.1) is 6.92 Å². The van der Waals surface area contributed by atoms with E-state index in [2.05, 4.69) is 39.7 Å². The molecule has 4 rings (SSSR count). The molecule has 0 atom stereocenters. The number of aromatic nitrogens is 4. The Labute approximate surface area is 168 Å². The van der Waals surface area contributed by atoms with Gasteiger partial charge in [-0.05, 0) is 6.92 Å². The van der Waals surface area contributed by atoms with Gasteiger partial charge in [-0.1, -0.05) is 0 Å². The van der Waals surface area contributed by atoms with E-state index < -0.39 is 0 Å². The first-order chi connectivity index (χ1) is 13.2. The number of anilines is 1. The number of nitrogens with one attached hydrogen (secondary N) is 1. The van der Waals surface area contributed by atoms with Crippen molar-refractivity contribution in [1.82, 2.24) is 19.9 Å². The molecule has 0 aliphatic carbocycles. The Morgan fingerprint density at radius 2 is 1.85 bits per heavy atom. The number of pyridine rings is 2. The average molecular weight is 469 g/mol.